The van der Waals surface area contributed by atoms with Crippen LogP contribution in [0.15, 0.2) is 0 Å². The number of carbonyl (C=O) groups is 1. The summed E-state index contributed by atoms with van der Waals surface area (Å²) in [6.07, 6.45) is 0.686. The molecule has 0 radical (unpaired) electrons. The molecular formula is C6H10N2O3. The van der Waals surface area contributed by atoms with Crippen molar-refractivity contribution in [3.05, 3.63) is 5.53 Å². The summed E-state index contributed by atoms with van der Waals surface area (Å²) in [7, 11) is 0. The fourth-order valence-electron chi connectivity index (χ4n) is 0.430. The summed E-state index contributed by atoms with van der Waals surface area (Å²) in [6, 6.07) is 0. The summed E-state index contributed by atoms with van der Waals surface area (Å²) in [6.45, 7) is 2.98. The number of carbonyl (C=O) groups excluding carboxylic acids is 1. The summed E-state index contributed by atoms with van der Waals surface area (Å²) < 4.78 is 9.39. The molecule has 0 atom stereocenters. The van der Waals surface area contributed by atoms with Gasteiger partial charge in [-0.3, -0.25) is 0 Å². The van der Waals surface area contributed by atoms with E-state index in [9.17, 15) is 4.79 Å². The van der Waals surface area contributed by atoms with Crippen molar-refractivity contribution in [2.45, 2.75) is 6.92 Å². The Morgan fingerprint density at radius 2 is 2.36 bits per heavy atom. The molecule has 0 aromatic rings. The lowest BCUT2D eigenvalue weighted by Gasteiger charge is -1.98. The van der Waals surface area contributed by atoms with Crippen LogP contribution in [0.3, 0.4) is 0 Å². The van der Waals surface area contributed by atoms with Crippen LogP contribution >= 0.6 is 0 Å². The van der Waals surface area contributed by atoms with E-state index in [0.717, 1.165) is 0 Å². The van der Waals surface area contributed by atoms with Gasteiger partial charge in [0.05, 0.1) is 6.61 Å². The third-order valence-electron chi connectivity index (χ3n) is 0.839. The molecule has 0 bridgehead atoms. The first-order chi connectivity index (χ1) is 5.31. The van der Waals surface area contributed by atoms with Crippen molar-refractivity contribution in [3.63, 3.8) is 0 Å². The zero-order valence-electron chi connectivity index (χ0n) is 6.32. The molecular weight excluding hydrogens is 148 g/mol. The smallest absolute Gasteiger partial charge is 0.413 e. The van der Waals surface area contributed by atoms with Crippen molar-refractivity contribution in [1.29, 1.82) is 0 Å². The van der Waals surface area contributed by atoms with Gasteiger partial charge < -0.3 is 15.0 Å². The highest BCUT2D eigenvalue weighted by molar-refractivity contribution is 6.20. The van der Waals surface area contributed by atoms with Gasteiger partial charge in [-0.25, -0.2) is 4.79 Å². The number of esters is 1. The standard InChI is InChI=1S/C6H10N2O3/c1-2-10-3-4-11-6(9)5-8-7/h5H,2-4H2,1H3. The highest BCUT2D eigenvalue weighted by Crippen LogP contribution is 1.77. The van der Waals surface area contributed by atoms with Gasteiger partial charge in [-0.1, -0.05) is 0 Å². The molecule has 0 spiro atoms. The average Bonchev–Trinajstić information content (AvgIpc) is 1.99. The van der Waals surface area contributed by atoms with Gasteiger partial charge in [-0.2, -0.15) is 4.79 Å². The van der Waals surface area contributed by atoms with E-state index in [0.29, 0.717) is 19.4 Å². The first-order valence-electron chi connectivity index (χ1n) is 3.23. The molecule has 0 aliphatic carbocycles. The third-order valence-corrected chi connectivity index (χ3v) is 0.839. The quantitative estimate of drug-likeness (QED) is 0.184. The van der Waals surface area contributed by atoms with Gasteiger partial charge in [0, 0.05) is 6.61 Å². The molecule has 0 aliphatic heterocycles. The minimum absolute atomic E-state index is 0.179. The molecule has 0 rings (SSSR count). The van der Waals surface area contributed by atoms with E-state index in [2.05, 4.69) is 9.53 Å². The second-order valence-corrected chi connectivity index (χ2v) is 1.61. The minimum atomic E-state index is -0.674. The Morgan fingerprint density at radius 3 is 2.91 bits per heavy atom. The number of hydrogen-bond donors (Lipinski definition) is 0. The number of ether oxygens (including phenoxy) is 2. The van der Waals surface area contributed by atoms with Crippen LogP contribution in [0, 0.1) is 0 Å². The second-order valence-electron chi connectivity index (χ2n) is 1.61. The average molecular weight is 158 g/mol. The second kappa shape index (κ2) is 6.92. The molecule has 0 aliphatic rings. The van der Waals surface area contributed by atoms with Gasteiger partial charge in [0.25, 0.3) is 0 Å². The van der Waals surface area contributed by atoms with Crippen LogP contribution in [0.1, 0.15) is 6.92 Å². The monoisotopic (exact) mass is 158 g/mol. The van der Waals surface area contributed by atoms with E-state index < -0.39 is 5.97 Å². The number of rotatable bonds is 5. The lowest BCUT2D eigenvalue weighted by Crippen LogP contribution is -2.11. The van der Waals surface area contributed by atoms with Gasteiger partial charge >= 0.3 is 12.2 Å². The van der Waals surface area contributed by atoms with E-state index >= 15 is 0 Å². The van der Waals surface area contributed by atoms with Gasteiger partial charge in [0.1, 0.15) is 6.61 Å². The van der Waals surface area contributed by atoms with Crippen LogP contribution in [0.4, 0.5) is 0 Å². The maximum absolute atomic E-state index is 10.4. The van der Waals surface area contributed by atoms with Gasteiger partial charge in [0.2, 0.25) is 0 Å². The lowest BCUT2D eigenvalue weighted by molar-refractivity contribution is -0.140. The van der Waals surface area contributed by atoms with Gasteiger partial charge in [-0.15, -0.1) is 0 Å². The minimum Gasteiger partial charge on any atom is -0.455 e. The van der Waals surface area contributed by atoms with E-state index in [1.807, 2.05) is 6.92 Å². The van der Waals surface area contributed by atoms with E-state index in [1.54, 1.807) is 0 Å². The summed E-state index contributed by atoms with van der Waals surface area (Å²) in [5, 5.41) is 0. The number of nitrogens with zero attached hydrogens (tertiary/aromatic N) is 2. The maximum Gasteiger partial charge on any atom is 0.413 e. The molecule has 0 aromatic heterocycles. The van der Waals surface area contributed by atoms with E-state index in [1.165, 1.54) is 0 Å². The van der Waals surface area contributed by atoms with Crippen LogP contribution in [0.25, 0.3) is 5.53 Å². The van der Waals surface area contributed by atoms with Crippen LogP contribution in [0.2, 0.25) is 0 Å². The summed E-state index contributed by atoms with van der Waals surface area (Å²) in [4.78, 5) is 12.9. The van der Waals surface area contributed by atoms with Crippen molar-refractivity contribution in [2.24, 2.45) is 0 Å². The molecule has 11 heavy (non-hydrogen) atoms. The first kappa shape index (κ1) is 9.81. The van der Waals surface area contributed by atoms with Gasteiger partial charge in [-0.05, 0) is 6.92 Å². The third kappa shape index (κ3) is 6.70. The van der Waals surface area contributed by atoms with Crippen LogP contribution < -0.4 is 0 Å². The first-order valence-corrected chi connectivity index (χ1v) is 3.23. The molecule has 0 unspecified atom stereocenters. The van der Waals surface area contributed by atoms with Crippen LogP contribution in [0.5, 0.6) is 0 Å². The van der Waals surface area contributed by atoms with E-state index in [4.69, 9.17) is 10.3 Å². The molecule has 0 aromatic carbocycles. The summed E-state index contributed by atoms with van der Waals surface area (Å²) in [5.41, 5.74) is 7.88. The van der Waals surface area contributed by atoms with Gasteiger partial charge in [0.15, 0.2) is 0 Å². The molecule has 0 saturated heterocycles. The van der Waals surface area contributed by atoms with Crippen LogP contribution in [-0.4, -0.2) is 36.8 Å². The lowest BCUT2D eigenvalue weighted by atomic mass is 10.7. The Morgan fingerprint density at radius 1 is 1.64 bits per heavy atom. The predicted molar refractivity (Wildman–Crippen MR) is 37.1 cm³/mol. The summed E-state index contributed by atoms with van der Waals surface area (Å²) in [5.74, 6) is -0.674. The zero-order valence-corrected chi connectivity index (χ0v) is 6.32. The van der Waals surface area contributed by atoms with Crippen molar-refractivity contribution in [3.8, 4) is 0 Å². The van der Waals surface area contributed by atoms with Crippen molar-refractivity contribution < 1.29 is 19.1 Å². The van der Waals surface area contributed by atoms with Crippen molar-refractivity contribution in [1.82, 2.24) is 0 Å². The fourth-order valence-corrected chi connectivity index (χ4v) is 0.430. The molecule has 5 heteroatoms. The Kier molecular flexibility index (Phi) is 6.17. The SMILES string of the molecule is CCOCCOC(=O)C=[N+]=[N-]. The highest BCUT2D eigenvalue weighted by Gasteiger charge is 2.00. The zero-order chi connectivity index (χ0) is 8.53. The summed E-state index contributed by atoms with van der Waals surface area (Å²) >= 11 is 0. The van der Waals surface area contributed by atoms with E-state index in [-0.39, 0.29) is 6.61 Å². The molecule has 62 valence electrons. The Hall–Kier alpha value is -1.19. The molecule has 0 amide bonds. The highest BCUT2D eigenvalue weighted by atomic mass is 16.6. The Balaban J connectivity index is 3.24. The molecule has 5 nitrogen and oxygen atoms in total. The Labute approximate surface area is 64.5 Å². The topological polar surface area (TPSA) is 71.9 Å². The van der Waals surface area contributed by atoms with Crippen molar-refractivity contribution >= 4 is 12.2 Å². The molecule has 0 heterocycles. The fraction of sp³-hybridized carbons (Fsp3) is 0.667. The van der Waals surface area contributed by atoms with Crippen LogP contribution in [-0.2, 0) is 14.3 Å². The maximum atomic E-state index is 10.4. The molecule has 0 saturated carbocycles. The van der Waals surface area contributed by atoms with Crippen molar-refractivity contribution in [2.75, 3.05) is 19.8 Å². The number of hydrogen-bond acceptors (Lipinski definition) is 3. The Bertz CT molecular complexity index is 163. The molecule has 0 fully saturated rings. The predicted octanol–water partition coefficient (Wildman–Crippen LogP) is -0.133. The molecule has 0 N–H and O–H groups in total. The largest absolute Gasteiger partial charge is 0.455 e. The normalized spacial score (nSPS) is 8.45.